The molecule has 3 aromatic carbocycles. The molecule has 166 valence electrons. The number of nitrogens with zero attached hydrogens (tertiary/aromatic N) is 1. The van der Waals surface area contributed by atoms with E-state index < -0.39 is 11.3 Å². The smallest absolute Gasteiger partial charge is 0.0537 e. The lowest BCUT2D eigenvalue weighted by Gasteiger charge is -2.12. The second-order valence-electron chi connectivity index (χ2n) is 8.63. The summed E-state index contributed by atoms with van der Waals surface area (Å²) in [4.78, 5) is 2.17. The Hall–Kier alpha value is -2.93. The number of hydrogen-bond donors (Lipinski definition) is 2. The van der Waals surface area contributed by atoms with Gasteiger partial charge in [0.2, 0.25) is 0 Å². The summed E-state index contributed by atoms with van der Waals surface area (Å²) in [6.07, 6.45) is 2.20. The topological polar surface area (TPSA) is 69.1 Å². The molecule has 1 aromatic heterocycles. The van der Waals surface area contributed by atoms with Crippen LogP contribution in [-0.2, 0) is 11.3 Å². The van der Waals surface area contributed by atoms with Gasteiger partial charge < -0.3 is 14.5 Å². The van der Waals surface area contributed by atoms with Crippen LogP contribution in [0.3, 0.4) is 0 Å². The molecule has 4 aromatic rings. The summed E-state index contributed by atoms with van der Waals surface area (Å²) in [6, 6.07) is 23.1. The maximum absolute atomic E-state index is 10.7. The third-order valence-corrected chi connectivity index (χ3v) is 6.06. The van der Waals surface area contributed by atoms with Crippen LogP contribution in [0.25, 0.3) is 27.7 Å². The van der Waals surface area contributed by atoms with Gasteiger partial charge >= 0.3 is 0 Å². The molecule has 0 bridgehead atoms. The molecule has 0 aliphatic carbocycles. The van der Waals surface area contributed by atoms with Crippen molar-refractivity contribution < 1.29 is 8.76 Å². The summed E-state index contributed by atoms with van der Waals surface area (Å²) in [6.45, 7) is 8.83. The molecule has 0 radical (unpaired) electrons. The first-order chi connectivity index (χ1) is 15.3. The van der Waals surface area contributed by atoms with Crippen molar-refractivity contribution in [2.24, 2.45) is 0 Å². The molecule has 0 saturated heterocycles. The molecule has 0 saturated carbocycles. The SMILES string of the molecule is CC(C)c1ccc(-c2ccc3c(C(C)C)cn(-c4ccc(NNS(=O)[O-])cc4)c3c2)cc1. The van der Waals surface area contributed by atoms with Crippen molar-refractivity contribution in [2.45, 2.75) is 39.5 Å². The minimum absolute atomic E-state index is 0.395. The molecule has 0 fully saturated rings. The van der Waals surface area contributed by atoms with Crippen molar-refractivity contribution >= 4 is 27.9 Å². The highest BCUT2D eigenvalue weighted by Crippen LogP contribution is 2.33. The van der Waals surface area contributed by atoms with Gasteiger partial charge in [-0.1, -0.05) is 64.1 Å². The standard InChI is InChI=1S/C26H29N3O2S/c1-17(2)19-5-7-20(8-6-19)21-9-14-24-25(18(3)4)16-29(26(24)15-21)23-12-10-22(11-13-23)27-28-32(30)31/h5-18,27-28H,1-4H3,(H,30,31)/p-1. The zero-order valence-electron chi connectivity index (χ0n) is 18.8. The molecule has 0 amide bonds. The van der Waals surface area contributed by atoms with Gasteiger partial charge in [-0.05, 0) is 64.4 Å². The van der Waals surface area contributed by atoms with Crippen LogP contribution in [0.2, 0.25) is 0 Å². The zero-order chi connectivity index (χ0) is 22.8. The van der Waals surface area contributed by atoms with E-state index in [1.54, 1.807) is 0 Å². The van der Waals surface area contributed by atoms with Crippen molar-refractivity contribution in [1.29, 1.82) is 0 Å². The van der Waals surface area contributed by atoms with Gasteiger partial charge in [-0.25, -0.2) is 0 Å². The van der Waals surface area contributed by atoms with Gasteiger partial charge in [0.05, 0.1) is 5.52 Å². The van der Waals surface area contributed by atoms with E-state index in [4.69, 9.17) is 0 Å². The summed E-state index contributed by atoms with van der Waals surface area (Å²) >= 11 is -2.37. The average Bonchev–Trinajstić information content (AvgIpc) is 3.17. The first-order valence-electron chi connectivity index (χ1n) is 10.8. The molecule has 4 rings (SSSR count). The largest absolute Gasteiger partial charge is 0.759 e. The lowest BCUT2D eigenvalue weighted by Crippen LogP contribution is -2.23. The fraction of sp³-hybridized carbons (Fsp3) is 0.231. The summed E-state index contributed by atoms with van der Waals surface area (Å²) in [7, 11) is 0. The van der Waals surface area contributed by atoms with Crippen molar-refractivity contribution in [3.05, 3.63) is 84.1 Å². The number of aromatic nitrogens is 1. The van der Waals surface area contributed by atoms with Crippen LogP contribution >= 0.6 is 0 Å². The first-order valence-corrected chi connectivity index (χ1v) is 11.9. The van der Waals surface area contributed by atoms with Crippen molar-refractivity contribution in [3.63, 3.8) is 0 Å². The Morgan fingerprint density at radius 3 is 2.09 bits per heavy atom. The summed E-state index contributed by atoms with van der Waals surface area (Å²) < 4.78 is 23.6. The lowest BCUT2D eigenvalue weighted by atomic mass is 9.97. The molecule has 0 aliphatic rings. The van der Waals surface area contributed by atoms with E-state index in [-0.39, 0.29) is 0 Å². The first kappa shape index (κ1) is 22.3. The van der Waals surface area contributed by atoms with Gasteiger partial charge in [0, 0.05) is 34.2 Å². The van der Waals surface area contributed by atoms with Gasteiger partial charge in [-0.3, -0.25) is 4.21 Å². The molecule has 0 spiro atoms. The fourth-order valence-corrected chi connectivity index (χ4v) is 4.17. The molecule has 0 aliphatic heterocycles. The molecule has 1 heterocycles. The van der Waals surface area contributed by atoms with Gasteiger partial charge in [-0.2, -0.15) is 4.83 Å². The number of hydrogen-bond acceptors (Lipinski definition) is 3. The summed E-state index contributed by atoms with van der Waals surface area (Å²) in [5.74, 6) is 0.908. The third kappa shape index (κ3) is 4.63. The monoisotopic (exact) mass is 446 g/mol. The number of fused-ring (bicyclic) bond motifs is 1. The highest BCUT2D eigenvalue weighted by atomic mass is 32.2. The predicted molar refractivity (Wildman–Crippen MR) is 133 cm³/mol. The Morgan fingerprint density at radius 2 is 1.50 bits per heavy atom. The van der Waals surface area contributed by atoms with E-state index in [0.717, 1.165) is 11.2 Å². The maximum atomic E-state index is 10.7. The Bertz CT molecular complexity index is 1240. The average molecular weight is 447 g/mol. The fourth-order valence-electron chi connectivity index (χ4n) is 3.97. The highest BCUT2D eigenvalue weighted by molar-refractivity contribution is 7.77. The molecular formula is C26H28N3O2S-. The minimum Gasteiger partial charge on any atom is -0.759 e. The van der Waals surface area contributed by atoms with Crippen LogP contribution in [0.1, 0.15) is 50.7 Å². The van der Waals surface area contributed by atoms with Crippen LogP contribution < -0.4 is 10.3 Å². The molecule has 5 nitrogen and oxygen atoms in total. The maximum Gasteiger partial charge on any atom is 0.0537 e. The molecular weight excluding hydrogens is 418 g/mol. The van der Waals surface area contributed by atoms with E-state index in [1.165, 1.54) is 27.6 Å². The molecule has 6 heteroatoms. The van der Waals surface area contributed by atoms with Crippen LogP contribution in [0.5, 0.6) is 0 Å². The second-order valence-corrected chi connectivity index (χ2v) is 9.30. The minimum atomic E-state index is -2.37. The van der Waals surface area contributed by atoms with Crippen LogP contribution in [0, 0.1) is 0 Å². The number of anilines is 1. The number of hydrazine groups is 1. The zero-order valence-corrected chi connectivity index (χ0v) is 19.6. The Labute approximate surface area is 191 Å². The van der Waals surface area contributed by atoms with Crippen molar-refractivity contribution in [3.8, 4) is 16.8 Å². The lowest BCUT2D eigenvalue weighted by molar-refractivity contribution is 0.528. The van der Waals surface area contributed by atoms with E-state index in [0.29, 0.717) is 17.5 Å². The van der Waals surface area contributed by atoms with Gasteiger partial charge in [0.25, 0.3) is 0 Å². The van der Waals surface area contributed by atoms with Gasteiger partial charge in [0.1, 0.15) is 0 Å². The highest BCUT2D eigenvalue weighted by Gasteiger charge is 2.14. The van der Waals surface area contributed by atoms with E-state index >= 15 is 0 Å². The number of rotatable bonds is 7. The predicted octanol–water partition coefficient (Wildman–Crippen LogP) is 6.25. The summed E-state index contributed by atoms with van der Waals surface area (Å²) in [5.41, 5.74) is 10.5. The number of benzene rings is 3. The van der Waals surface area contributed by atoms with E-state index in [2.05, 4.69) is 91.2 Å². The van der Waals surface area contributed by atoms with Gasteiger partial charge in [-0.15, -0.1) is 0 Å². The van der Waals surface area contributed by atoms with Gasteiger partial charge in [0.15, 0.2) is 0 Å². The second kappa shape index (κ2) is 9.28. The molecule has 1 atom stereocenters. The third-order valence-electron chi connectivity index (χ3n) is 5.79. The Morgan fingerprint density at radius 1 is 0.844 bits per heavy atom. The van der Waals surface area contributed by atoms with Crippen LogP contribution in [-0.4, -0.2) is 13.3 Å². The van der Waals surface area contributed by atoms with E-state index in [9.17, 15) is 8.76 Å². The van der Waals surface area contributed by atoms with Crippen LogP contribution in [0.15, 0.2) is 72.9 Å². The Kier molecular flexibility index (Phi) is 6.46. The van der Waals surface area contributed by atoms with Crippen LogP contribution in [0.4, 0.5) is 5.69 Å². The van der Waals surface area contributed by atoms with E-state index in [1.807, 2.05) is 24.3 Å². The number of nitrogens with one attached hydrogen (secondary N) is 2. The van der Waals surface area contributed by atoms with Crippen molar-refractivity contribution in [2.75, 3.05) is 5.43 Å². The molecule has 1 unspecified atom stereocenters. The van der Waals surface area contributed by atoms with Crippen molar-refractivity contribution in [1.82, 2.24) is 9.40 Å². The summed E-state index contributed by atoms with van der Waals surface area (Å²) in [5, 5.41) is 1.24. The quantitative estimate of drug-likeness (QED) is 0.260. The normalized spacial score (nSPS) is 12.6. The molecule has 32 heavy (non-hydrogen) atoms. The Balaban J connectivity index is 1.76. The molecule has 2 N–H and O–H groups in total.